The van der Waals surface area contributed by atoms with Crippen molar-refractivity contribution in [1.29, 1.82) is 0 Å². The molecular formula is C13H20ClN3O2. The fourth-order valence-electron chi connectivity index (χ4n) is 1.52. The number of aldehydes is 1. The topological polar surface area (TPSA) is 64.1 Å². The van der Waals surface area contributed by atoms with Crippen molar-refractivity contribution in [3.63, 3.8) is 0 Å². The molecule has 1 aromatic heterocycles. The lowest BCUT2D eigenvalue weighted by Gasteiger charge is -2.09. The predicted molar refractivity (Wildman–Crippen MR) is 76.0 cm³/mol. The van der Waals surface area contributed by atoms with Gasteiger partial charge in [-0.05, 0) is 19.8 Å². The summed E-state index contributed by atoms with van der Waals surface area (Å²) >= 11 is 5.89. The number of rotatable bonds is 9. The van der Waals surface area contributed by atoms with Crippen LogP contribution in [0.25, 0.3) is 0 Å². The van der Waals surface area contributed by atoms with Gasteiger partial charge in [0.15, 0.2) is 6.29 Å². The predicted octanol–water partition coefficient (Wildman–Crippen LogP) is 2.87. The van der Waals surface area contributed by atoms with Crippen LogP contribution in [0.4, 0.5) is 5.82 Å². The molecule has 0 atom stereocenters. The van der Waals surface area contributed by atoms with E-state index in [1.807, 2.05) is 0 Å². The van der Waals surface area contributed by atoms with Gasteiger partial charge in [0.1, 0.15) is 16.8 Å². The molecule has 0 aliphatic rings. The molecule has 0 aromatic carbocycles. The lowest BCUT2D eigenvalue weighted by molar-refractivity contribution is 0.112. The Balaban J connectivity index is 2.38. The van der Waals surface area contributed by atoms with Gasteiger partial charge in [0, 0.05) is 19.8 Å². The van der Waals surface area contributed by atoms with Gasteiger partial charge in [0.25, 0.3) is 0 Å². The van der Waals surface area contributed by atoms with Crippen molar-refractivity contribution in [2.75, 3.05) is 25.1 Å². The van der Waals surface area contributed by atoms with E-state index in [-0.39, 0.29) is 5.15 Å². The number of nitrogens with zero attached hydrogens (tertiary/aromatic N) is 2. The van der Waals surface area contributed by atoms with Crippen LogP contribution in [0.3, 0.4) is 0 Å². The van der Waals surface area contributed by atoms with Crippen molar-refractivity contribution < 1.29 is 9.53 Å². The number of anilines is 1. The van der Waals surface area contributed by atoms with E-state index in [4.69, 9.17) is 16.3 Å². The normalized spacial score (nSPS) is 10.5. The lowest BCUT2D eigenvalue weighted by atomic mass is 10.3. The van der Waals surface area contributed by atoms with E-state index in [1.54, 1.807) is 6.92 Å². The number of hydrogen-bond acceptors (Lipinski definition) is 5. The number of unbranched alkanes of at least 4 members (excludes halogenated alkanes) is 1. The van der Waals surface area contributed by atoms with E-state index in [2.05, 4.69) is 22.2 Å². The number of aromatic nitrogens is 2. The minimum atomic E-state index is 0.184. The number of aryl methyl sites for hydroxylation is 1. The quantitative estimate of drug-likeness (QED) is 0.429. The second kappa shape index (κ2) is 8.82. The minimum Gasteiger partial charge on any atom is -0.381 e. The highest BCUT2D eigenvalue weighted by atomic mass is 35.5. The van der Waals surface area contributed by atoms with Crippen molar-refractivity contribution in [1.82, 2.24) is 9.97 Å². The van der Waals surface area contributed by atoms with E-state index in [0.29, 0.717) is 36.6 Å². The van der Waals surface area contributed by atoms with Crippen molar-refractivity contribution in [3.8, 4) is 0 Å². The van der Waals surface area contributed by atoms with Crippen LogP contribution in [0.5, 0.6) is 0 Å². The molecule has 0 saturated carbocycles. The Morgan fingerprint density at radius 2 is 2.05 bits per heavy atom. The van der Waals surface area contributed by atoms with Crippen molar-refractivity contribution in [2.45, 2.75) is 33.1 Å². The van der Waals surface area contributed by atoms with E-state index >= 15 is 0 Å². The highest BCUT2D eigenvalue weighted by Crippen LogP contribution is 2.18. The molecule has 0 radical (unpaired) electrons. The number of nitrogens with one attached hydrogen (secondary N) is 1. The summed E-state index contributed by atoms with van der Waals surface area (Å²) in [5.74, 6) is 1.03. The van der Waals surface area contributed by atoms with Gasteiger partial charge in [0.2, 0.25) is 0 Å². The average molecular weight is 286 g/mol. The number of hydrogen-bond donors (Lipinski definition) is 1. The molecule has 1 rings (SSSR count). The van der Waals surface area contributed by atoms with Gasteiger partial charge in [-0.1, -0.05) is 24.9 Å². The molecule has 1 N–H and O–H groups in total. The highest BCUT2D eigenvalue weighted by Gasteiger charge is 2.10. The van der Waals surface area contributed by atoms with Gasteiger partial charge < -0.3 is 10.1 Å². The Kier molecular flexibility index (Phi) is 7.36. The Labute approximate surface area is 118 Å². The van der Waals surface area contributed by atoms with Crippen molar-refractivity contribution >= 4 is 23.7 Å². The maximum absolute atomic E-state index is 10.9. The Morgan fingerprint density at radius 3 is 2.74 bits per heavy atom. The fourth-order valence-corrected chi connectivity index (χ4v) is 1.77. The number of ether oxygens (including phenoxy) is 1. The molecule has 0 aliphatic carbocycles. The zero-order valence-corrected chi connectivity index (χ0v) is 12.2. The Hall–Kier alpha value is -1.20. The van der Waals surface area contributed by atoms with Gasteiger partial charge >= 0.3 is 0 Å². The molecule has 19 heavy (non-hydrogen) atoms. The van der Waals surface area contributed by atoms with Crippen molar-refractivity contribution in [2.24, 2.45) is 0 Å². The first-order valence-electron chi connectivity index (χ1n) is 6.50. The van der Waals surface area contributed by atoms with Crippen LogP contribution >= 0.6 is 11.6 Å². The van der Waals surface area contributed by atoms with Gasteiger partial charge in [-0.2, -0.15) is 0 Å². The highest BCUT2D eigenvalue weighted by molar-refractivity contribution is 6.32. The van der Waals surface area contributed by atoms with Crippen LogP contribution < -0.4 is 5.32 Å². The van der Waals surface area contributed by atoms with E-state index in [9.17, 15) is 4.79 Å². The third kappa shape index (κ3) is 5.53. The standard InChI is InChI=1S/C13H20ClN3O2/c1-3-4-7-19-8-5-6-15-13-11(9-18)12(14)16-10(2)17-13/h9H,3-8H2,1-2H3,(H,15,16,17). The second-order valence-electron chi connectivity index (χ2n) is 4.19. The SMILES string of the molecule is CCCCOCCCNc1nc(C)nc(Cl)c1C=O. The monoisotopic (exact) mass is 285 g/mol. The van der Waals surface area contributed by atoms with Crippen LogP contribution in [-0.2, 0) is 4.74 Å². The summed E-state index contributed by atoms with van der Waals surface area (Å²) in [6.07, 6.45) is 3.74. The summed E-state index contributed by atoms with van der Waals surface area (Å²) in [6, 6.07) is 0. The average Bonchev–Trinajstić information content (AvgIpc) is 2.37. The molecular weight excluding hydrogens is 266 g/mol. The first-order chi connectivity index (χ1) is 9.19. The molecule has 0 spiro atoms. The van der Waals surface area contributed by atoms with Gasteiger partial charge in [-0.15, -0.1) is 0 Å². The van der Waals surface area contributed by atoms with Gasteiger partial charge in [-0.3, -0.25) is 4.79 Å². The first kappa shape index (κ1) is 15.9. The number of halogens is 1. The largest absolute Gasteiger partial charge is 0.381 e. The first-order valence-corrected chi connectivity index (χ1v) is 6.87. The molecule has 0 bridgehead atoms. The molecule has 0 amide bonds. The van der Waals surface area contributed by atoms with Crippen LogP contribution in [0, 0.1) is 6.92 Å². The fraction of sp³-hybridized carbons (Fsp3) is 0.615. The molecule has 0 unspecified atom stereocenters. The summed E-state index contributed by atoms with van der Waals surface area (Å²) in [5.41, 5.74) is 0.305. The Morgan fingerprint density at radius 1 is 1.32 bits per heavy atom. The van der Waals surface area contributed by atoms with E-state index < -0.39 is 0 Å². The molecule has 5 nitrogen and oxygen atoms in total. The smallest absolute Gasteiger partial charge is 0.156 e. The lowest BCUT2D eigenvalue weighted by Crippen LogP contribution is -2.11. The molecule has 6 heteroatoms. The molecule has 1 aromatic rings. The zero-order chi connectivity index (χ0) is 14.1. The summed E-state index contributed by atoms with van der Waals surface area (Å²) in [6.45, 7) is 6.04. The van der Waals surface area contributed by atoms with Crippen molar-refractivity contribution in [3.05, 3.63) is 16.5 Å². The summed E-state index contributed by atoms with van der Waals surface area (Å²) in [4.78, 5) is 19.1. The Bertz CT molecular complexity index is 413. The van der Waals surface area contributed by atoms with Gasteiger partial charge in [0.05, 0.1) is 5.56 Å². The van der Waals surface area contributed by atoms with E-state index in [0.717, 1.165) is 25.9 Å². The zero-order valence-electron chi connectivity index (χ0n) is 11.4. The maximum atomic E-state index is 10.9. The van der Waals surface area contributed by atoms with Crippen LogP contribution in [0.15, 0.2) is 0 Å². The second-order valence-corrected chi connectivity index (χ2v) is 4.55. The maximum Gasteiger partial charge on any atom is 0.156 e. The molecule has 0 aliphatic heterocycles. The number of carbonyl (C=O) groups excluding carboxylic acids is 1. The summed E-state index contributed by atoms with van der Waals surface area (Å²) in [5, 5.41) is 3.27. The summed E-state index contributed by atoms with van der Waals surface area (Å²) < 4.78 is 5.45. The van der Waals surface area contributed by atoms with E-state index in [1.165, 1.54) is 0 Å². The molecule has 0 fully saturated rings. The van der Waals surface area contributed by atoms with Crippen LogP contribution in [0.2, 0.25) is 5.15 Å². The molecule has 106 valence electrons. The number of carbonyl (C=O) groups is 1. The molecule has 0 saturated heterocycles. The van der Waals surface area contributed by atoms with Gasteiger partial charge in [-0.25, -0.2) is 9.97 Å². The van der Waals surface area contributed by atoms with Crippen LogP contribution in [-0.4, -0.2) is 36.0 Å². The minimum absolute atomic E-state index is 0.184. The molecule has 1 heterocycles. The third-order valence-corrected chi connectivity index (χ3v) is 2.82. The third-order valence-electron chi connectivity index (χ3n) is 2.53. The summed E-state index contributed by atoms with van der Waals surface area (Å²) in [7, 11) is 0. The van der Waals surface area contributed by atoms with Crippen LogP contribution in [0.1, 0.15) is 42.4 Å².